The lowest BCUT2D eigenvalue weighted by Gasteiger charge is -2.26. The van der Waals surface area contributed by atoms with E-state index in [0.29, 0.717) is 5.56 Å². The van der Waals surface area contributed by atoms with E-state index in [4.69, 9.17) is 0 Å². The van der Waals surface area contributed by atoms with Gasteiger partial charge in [0, 0.05) is 37.2 Å². The maximum absolute atomic E-state index is 13.3. The molecule has 4 rings (SSSR count). The maximum atomic E-state index is 13.3. The minimum absolute atomic E-state index is 0.00442. The van der Waals surface area contributed by atoms with Gasteiger partial charge >= 0.3 is 0 Å². The van der Waals surface area contributed by atoms with Gasteiger partial charge in [-0.05, 0) is 56.0 Å². The third-order valence-electron chi connectivity index (χ3n) is 6.24. The number of aryl methyl sites for hydroxylation is 1. The monoisotopic (exact) mass is 394 g/mol. The molecule has 2 fully saturated rings. The van der Waals surface area contributed by atoms with Crippen LogP contribution in [0.1, 0.15) is 42.1 Å². The Balaban J connectivity index is 1.50. The van der Waals surface area contributed by atoms with Crippen molar-refractivity contribution in [1.82, 2.24) is 20.1 Å². The first kappa shape index (κ1) is 19.4. The van der Waals surface area contributed by atoms with E-state index in [-0.39, 0.29) is 42.4 Å². The predicted octanol–water partition coefficient (Wildman–Crippen LogP) is 1.88. The Bertz CT molecular complexity index is 989. The minimum Gasteiger partial charge on any atom is -0.350 e. The first-order chi connectivity index (χ1) is 13.8. The van der Waals surface area contributed by atoms with Crippen molar-refractivity contribution >= 4 is 28.6 Å². The van der Waals surface area contributed by atoms with Crippen molar-refractivity contribution < 1.29 is 14.4 Å². The van der Waals surface area contributed by atoms with E-state index in [0.717, 1.165) is 35.7 Å². The number of fused-ring (bicyclic) bond motifs is 3. The largest absolute Gasteiger partial charge is 0.350 e. The van der Waals surface area contributed by atoms with Crippen molar-refractivity contribution in [2.45, 2.75) is 51.2 Å². The molecule has 0 aliphatic carbocycles. The number of pyridine rings is 1. The molecule has 3 amide bonds. The zero-order chi connectivity index (χ0) is 20.7. The first-order valence-electron chi connectivity index (χ1n) is 10.0. The molecule has 7 nitrogen and oxygen atoms in total. The van der Waals surface area contributed by atoms with Gasteiger partial charge in [0.2, 0.25) is 11.8 Å². The number of carbonyl (C=O) groups excluding carboxylic acids is 3. The Hall–Kier alpha value is -2.96. The van der Waals surface area contributed by atoms with E-state index in [2.05, 4.69) is 10.3 Å². The number of amides is 3. The predicted molar refractivity (Wildman–Crippen MR) is 109 cm³/mol. The molecule has 2 saturated heterocycles. The number of hydrogen-bond donors (Lipinski definition) is 1. The third kappa shape index (κ3) is 3.57. The van der Waals surface area contributed by atoms with Crippen LogP contribution < -0.4 is 5.32 Å². The van der Waals surface area contributed by atoms with Gasteiger partial charge in [-0.1, -0.05) is 0 Å². The second-order valence-corrected chi connectivity index (χ2v) is 8.16. The summed E-state index contributed by atoms with van der Waals surface area (Å²) in [6.07, 6.45) is 4.39. The number of aromatic nitrogens is 1. The second-order valence-electron chi connectivity index (χ2n) is 8.16. The molecule has 3 atom stereocenters. The summed E-state index contributed by atoms with van der Waals surface area (Å²) in [5, 5.41) is 4.02. The molecule has 3 heterocycles. The van der Waals surface area contributed by atoms with Gasteiger partial charge in [-0.25, -0.2) is 0 Å². The highest BCUT2D eigenvalue weighted by Gasteiger charge is 2.49. The molecule has 2 aromatic rings. The number of benzene rings is 1. The average Bonchev–Trinajstić information content (AvgIpc) is 3.25. The fraction of sp³-hybridized carbons (Fsp3) is 0.455. The number of hydrogen-bond acceptors (Lipinski definition) is 4. The molecule has 0 unspecified atom stereocenters. The first-order valence-corrected chi connectivity index (χ1v) is 10.0. The number of nitrogens with one attached hydrogen (secondary N) is 1. The summed E-state index contributed by atoms with van der Waals surface area (Å²) in [5.41, 5.74) is 2.63. The average molecular weight is 394 g/mol. The number of rotatable bonds is 4. The molecule has 2 aliphatic heterocycles. The van der Waals surface area contributed by atoms with Crippen LogP contribution in [0.2, 0.25) is 0 Å². The van der Waals surface area contributed by atoms with Crippen LogP contribution in [-0.4, -0.2) is 64.2 Å². The van der Waals surface area contributed by atoms with Gasteiger partial charge in [-0.2, -0.15) is 0 Å². The normalized spacial score (nSPS) is 22.7. The van der Waals surface area contributed by atoms with Crippen LogP contribution in [-0.2, 0) is 9.59 Å². The van der Waals surface area contributed by atoms with Crippen LogP contribution >= 0.6 is 0 Å². The van der Waals surface area contributed by atoms with Crippen LogP contribution in [0.15, 0.2) is 30.5 Å². The van der Waals surface area contributed by atoms with Gasteiger partial charge in [-0.3, -0.25) is 19.4 Å². The molecular formula is C22H26N4O3. The van der Waals surface area contributed by atoms with Gasteiger partial charge in [0.25, 0.3) is 5.91 Å². The zero-order valence-corrected chi connectivity index (χ0v) is 17.0. The Kier molecular flexibility index (Phi) is 4.98. The quantitative estimate of drug-likeness (QED) is 0.858. The van der Waals surface area contributed by atoms with Gasteiger partial charge in [-0.15, -0.1) is 0 Å². The SMILES string of the molecule is CC(=O)N(C)CC(=O)N[C@@H]1C[C@@H]2CC[C@H]1N2C(=O)c1ccc2nccc(C)c2c1. The van der Waals surface area contributed by atoms with E-state index in [9.17, 15) is 14.4 Å². The van der Waals surface area contributed by atoms with Crippen molar-refractivity contribution in [2.75, 3.05) is 13.6 Å². The number of nitrogens with zero attached hydrogens (tertiary/aromatic N) is 3. The molecule has 2 aliphatic rings. The van der Waals surface area contributed by atoms with Crippen LogP contribution in [0.5, 0.6) is 0 Å². The van der Waals surface area contributed by atoms with Gasteiger partial charge in [0.05, 0.1) is 24.1 Å². The van der Waals surface area contributed by atoms with Crippen molar-refractivity contribution in [3.8, 4) is 0 Å². The van der Waals surface area contributed by atoms with Crippen LogP contribution in [0.4, 0.5) is 0 Å². The molecule has 0 radical (unpaired) electrons. The summed E-state index contributed by atoms with van der Waals surface area (Å²) < 4.78 is 0. The highest BCUT2D eigenvalue weighted by atomic mass is 16.2. The van der Waals surface area contributed by atoms with E-state index < -0.39 is 0 Å². The highest BCUT2D eigenvalue weighted by Crippen LogP contribution is 2.39. The lowest BCUT2D eigenvalue weighted by atomic mass is 9.95. The summed E-state index contributed by atoms with van der Waals surface area (Å²) in [7, 11) is 1.61. The fourth-order valence-electron chi connectivity index (χ4n) is 4.61. The molecule has 29 heavy (non-hydrogen) atoms. The lowest BCUT2D eigenvalue weighted by Crippen LogP contribution is -2.48. The summed E-state index contributed by atoms with van der Waals surface area (Å²) in [5.74, 6) is -0.314. The molecule has 1 aromatic carbocycles. The van der Waals surface area contributed by atoms with E-state index in [1.54, 1.807) is 13.2 Å². The van der Waals surface area contributed by atoms with E-state index >= 15 is 0 Å². The Morgan fingerprint density at radius 1 is 1.24 bits per heavy atom. The summed E-state index contributed by atoms with van der Waals surface area (Å²) >= 11 is 0. The van der Waals surface area contributed by atoms with Crippen molar-refractivity contribution in [3.05, 3.63) is 41.6 Å². The Morgan fingerprint density at radius 2 is 2.03 bits per heavy atom. The number of likely N-dealkylation sites (N-methyl/N-ethyl adjacent to an activating group) is 1. The summed E-state index contributed by atoms with van der Waals surface area (Å²) in [6, 6.07) is 7.69. The summed E-state index contributed by atoms with van der Waals surface area (Å²) in [6.45, 7) is 3.49. The van der Waals surface area contributed by atoms with Crippen LogP contribution in [0.3, 0.4) is 0 Å². The second kappa shape index (κ2) is 7.46. The van der Waals surface area contributed by atoms with E-state index in [1.807, 2.05) is 36.1 Å². The molecule has 152 valence electrons. The lowest BCUT2D eigenvalue weighted by molar-refractivity contribution is -0.133. The highest BCUT2D eigenvalue weighted by molar-refractivity contribution is 5.99. The molecule has 0 saturated carbocycles. The fourth-order valence-corrected chi connectivity index (χ4v) is 4.61. The van der Waals surface area contributed by atoms with Gasteiger partial charge in [0.1, 0.15) is 0 Å². The Morgan fingerprint density at radius 3 is 2.79 bits per heavy atom. The van der Waals surface area contributed by atoms with Crippen molar-refractivity contribution in [2.24, 2.45) is 0 Å². The van der Waals surface area contributed by atoms with Crippen molar-refractivity contribution in [3.63, 3.8) is 0 Å². The van der Waals surface area contributed by atoms with Gasteiger partial charge in [0.15, 0.2) is 0 Å². The number of carbonyl (C=O) groups is 3. The molecule has 2 bridgehead atoms. The van der Waals surface area contributed by atoms with E-state index in [1.165, 1.54) is 11.8 Å². The molecule has 0 spiro atoms. The third-order valence-corrected chi connectivity index (χ3v) is 6.24. The van der Waals surface area contributed by atoms with Crippen molar-refractivity contribution in [1.29, 1.82) is 0 Å². The Labute approximate surface area is 170 Å². The maximum Gasteiger partial charge on any atom is 0.254 e. The molecular weight excluding hydrogens is 368 g/mol. The molecule has 1 aromatic heterocycles. The van der Waals surface area contributed by atoms with Crippen LogP contribution in [0, 0.1) is 6.92 Å². The molecule has 7 heteroatoms. The smallest absolute Gasteiger partial charge is 0.254 e. The minimum atomic E-state index is -0.181. The molecule has 1 N–H and O–H groups in total. The summed E-state index contributed by atoms with van der Waals surface area (Å²) in [4.78, 5) is 44.7. The van der Waals surface area contributed by atoms with Crippen LogP contribution in [0.25, 0.3) is 10.9 Å². The van der Waals surface area contributed by atoms with Gasteiger partial charge < -0.3 is 15.1 Å². The topological polar surface area (TPSA) is 82.6 Å². The zero-order valence-electron chi connectivity index (χ0n) is 17.0. The standard InChI is InChI=1S/C22H26N4O3/c1-13-8-9-23-18-6-4-15(10-17(13)18)22(29)26-16-5-7-20(26)19(11-16)24-21(28)12-25(3)14(2)27/h4,6,8-10,16,19-20H,5,7,11-12H2,1-3H3,(H,24,28)/t16-,19+,20+/m0/s1.